The molecule has 2 atom stereocenters. The van der Waals surface area contributed by atoms with E-state index in [0.717, 1.165) is 48.1 Å². The second kappa shape index (κ2) is 10.5. The Hall–Kier alpha value is -3.61. The van der Waals surface area contributed by atoms with Crippen LogP contribution in [0.25, 0.3) is 0 Å². The quantitative estimate of drug-likeness (QED) is 0.445. The van der Waals surface area contributed by atoms with Crippen LogP contribution in [0.15, 0.2) is 60.8 Å². The van der Waals surface area contributed by atoms with Crippen LogP contribution in [0.1, 0.15) is 38.2 Å². The van der Waals surface area contributed by atoms with Crippen molar-refractivity contribution in [3.63, 3.8) is 0 Å². The molecule has 7 heteroatoms. The number of aromatic nitrogens is 2. The van der Waals surface area contributed by atoms with E-state index >= 15 is 0 Å². The lowest BCUT2D eigenvalue weighted by molar-refractivity contribution is -0.117. The number of carbonyl (C=O) groups is 1. The minimum atomic E-state index is 0.0926. The number of anilines is 3. The van der Waals surface area contributed by atoms with Crippen molar-refractivity contribution in [1.29, 1.82) is 0 Å². The van der Waals surface area contributed by atoms with Crippen molar-refractivity contribution >= 4 is 23.2 Å². The molecule has 2 heterocycles. The van der Waals surface area contributed by atoms with Crippen molar-refractivity contribution in [3.8, 4) is 11.5 Å². The molecule has 178 valence electrons. The normalized spacial score (nSPS) is 16.2. The molecule has 0 bridgehead atoms. The first kappa shape index (κ1) is 23.5. The first-order valence-corrected chi connectivity index (χ1v) is 11.6. The standard InChI is InChI=1S/C27H32N4O3/c1-19(16-20(2)32)21-8-10-23(11-9-21)34-25-13-15-31(18-25)26-12-14-28-27(29-26)30(3)22-6-5-7-24(17-22)33-4/h5-12,14,17,19,25H,13,15-16,18H2,1-4H3/t19-,25-/m1/s1. The van der Waals surface area contributed by atoms with Crippen LogP contribution >= 0.6 is 0 Å². The predicted molar refractivity (Wildman–Crippen MR) is 134 cm³/mol. The monoisotopic (exact) mass is 460 g/mol. The molecule has 7 nitrogen and oxygen atoms in total. The van der Waals surface area contributed by atoms with Crippen molar-refractivity contribution < 1.29 is 14.3 Å². The summed E-state index contributed by atoms with van der Waals surface area (Å²) >= 11 is 0. The molecule has 0 saturated carbocycles. The maximum absolute atomic E-state index is 11.4. The van der Waals surface area contributed by atoms with Crippen LogP contribution in [0, 0.1) is 0 Å². The SMILES string of the molecule is COc1cccc(N(C)c2nccc(N3CC[C@@H](Oc4ccc([C@H](C)CC(C)=O)cc4)C3)n2)c1. The number of ether oxygens (including phenoxy) is 2. The molecular formula is C27H32N4O3. The minimum Gasteiger partial charge on any atom is -0.497 e. The van der Waals surface area contributed by atoms with Gasteiger partial charge in [-0.25, -0.2) is 4.98 Å². The summed E-state index contributed by atoms with van der Waals surface area (Å²) in [6.45, 7) is 5.35. The maximum Gasteiger partial charge on any atom is 0.231 e. The lowest BCUT2D eigenvalue weighted by Gasteiger charge is -2.22. The second-order valence-corrected chi connectivity index (χ2v) is 8.83. The Morgan fingerprint density at radius 1 is 1.18 bits per heavy atom. The Kier molecular flexibility index (Phi) is 7.30. The van der Waals surface area contributed by atoms with Gasteiger partial charge in [-0.1, -0.05) is 25.1 Å². The molecule has 0 spiro atoms. The van der Waals surface area contributed by atoms with E-state index in [-0.39, 0.29) is 17.8 Å². The van der Waals surface area contributed by atoms with Crippen LogP contribution < -0.4 is 19.3 Å². The lowest BCUT2D eigenvalue weighted by atomic mass is 9.96. The van der Waals surface area contributed by atoms with E-state index in [1.165, 1.54) is 0 Å². The highest BCUT2D eigenvalue weighted by Crippen LogP contribution is 2.28. The third-order valence-electron chi connectivity index (χ3n) is 6.18. The molecule has 0 amide bonds. The summed E-state index contributed by atoms with van der Waals surface area (Å²) in [6.07, 6.45) is 3.37. The topological polar surface area (TPSA) is 67.8 Å². The van der Waals surface area contributed by atoms with Crippen LogP contribution in [0.4, 0.5) is 17.5 Å². The third kappa shape index (κ3) is 5.65. The van der Waals surface area contributed by atoms with Gasteiger partial charge in [-0.2, -0.15) is 4.98 Å². The van der Waals surface area contributed by atoms with Gasteiger partial charge in [-0.3, -0.25) is 0 Å². The van der Waals surface area contributed by atoms with Gasteiger partial charge in [0.2, 0.25) is 5.95 Å². The first-order chi connectivity index (χ1) is 16.4. The molecule has 34 heavy (non-hydrogen) atoms. The molecule has 3 aromatic rings. The van der Waals surface area contributed by atoms with E-state index in [1.54, 1.807) is 20.2 Å². The molecule has 4 rings (SSSR count). The minimum absolute atomic E-state index is 0.0926. The van der Waals surface area contributed by atoms with Crippen LogP contribution in [-0.2, 0) is 4.79 Å². The fourth-order valence-electron chi connectivity index (χ4n) is 4.26. The van der Waals surface area contributed by atoms with Crippen LogP contribution in [0.3, 0.4) is 0 Å². The number of hydrogen-bond donors (Lipinski definition) is 0. The zero-order valence-electron chi connectivity index (χ0n) is 20.3. The van der Waals surface area contributed by atoms with Crippen LogP contribution in [0.2, 0.25) is 0 Å². The zero-order valence-corrected chi connectivity index (χ0v) is 20.3. The molecule has 1 aliphatic heterocycles. The van der Waals surface area contributed by atoms with Gasteiger partial charge in [0.15, 0.2) is 0 Å². The number of hydrogen-bond acceptors (Lipinski definition) is 7. The molecule has 0 radical (unpaired) electrons. The van der Waals surface area contributed by atoms with Crippen molar-refractivity contribution in [1.82, 2.24) is 9.97 Å². The van der Waals surface area contributed by atoms with Crippen molar-refractivity contribution in [3.05, 3.63) is 66.4 Å². The summed E-state index contributed by atoms with van der Waals surface area (Å²) in [5.41, 5.74) is 2.12. The highest BCUT2D eigenvalue weighted by molar-refractivity contribution is 5.76. The Labute approximate surface area is 201 Å². The van der Waals surface area contributed by atoms with Gasteiger partial charge in [0, 0.05) is 44.4 Å². The predicted octanol–water partition coefficient (Wildman–Crippen LogP) is 4.99. The van der Waals surface area contributed by atoms with Crippen molar-refractivity contribution in [2.75, 3.05) is 37.0 Å². The van der Waals surface area contributed by atoms with Gasteiger partial charge in [0.1, 0.15) is 29.2 Å². The van der Waals surface area contributed by atoms with Gasteiger partial charge in [0.25, 0.3) is 0 Å². The Morgan fingerprint density at radius 2 is 1.97 bits per heavy atom. The summed E-state index contributed by atoms with van der Waals surface area (Å²) < 4.78 is 11.6. The van der Waals surface area contributed by atoms with Crippen molar-refractivity contribution in [2.24, 2.45) is 0 Å². The molecule has 1 aromatic heterocycles. The molecule has 1 aliphatic rings. The Morgan fingerprint density at radius 3 is 2.71 bits per heavy atom. The number of rotatable bonds is 9. The maximum atomic E-state index is 11.4. The average Bonchev–Trinajstić information content (AvgIpc) is 3.32. The zero-order chi connectivity index (χ0) is 24.1. The van der Waals surface area contributed by atoms with E-state index in [1.807, 2.05) is 54.4 Å². The lowest BCUT2D eigenvalue weighted by Crippen LogP contribution is -2.26. The molecule has 2 aromatic carbocycles. The van der Waals surface area contributed by atoms with E-state index in [0.29, 0.717) is 12.4 Å². The Balaban J connectivity index is 1.38. The number of ketones is 1. The highest BCUT2D eigenvalue weighted by Gasteiger charge is 2.26. The van der Waals surface area contributed by atoms with E-state index < -0.39 is 0 Å². The molecular weight excluding hydrogens is 428 g/mol. The molecule has 0 aliphatic carbocycles. The summed E-state index contributed by atoms with van der Waals surface area (Å²) in [6, 6.07) is 17.9. The van der Waals surface area contributed by atoms with Gasteiger partial charge < -0.3 is 24.1 Å². The van der Waals surface area contributed by atoms with Gasteiger partial charge in [-0.05, 0) is 48.7 Å². The smallest absolute Gasteiger partial charge is 0.231 e. The summed E-state index contributed by atoms with van der Waals surface area (Å²) in [7, 11) is 3.61. The van der Waals surface area contributed by atoms with E-state index in [2.05, 4.69) is 28.9 Å². The average molecular weight is 461 g/mol. The number of benzene rings is 2. The fraction of sp³-hybridized carbons (Fsp3) is 0.370. The molecule has 1 fully saturated rings. The molecule has 0 N–H and O–H groups in total. The fourth-order valence-corrected chi connectivity index (χ4v) is 4.26. The number of methoxy groups -OCH3 is 1. The summed E-state index contributed by atoms with van der Waals surface area (Å²) in [5, 5.41) is 0. The van der Waals surface area contributed by atoms with E-state index in [4.69, 9.17) is 14.5 Å². The van der Waals surface area contributed by atoms with Crippen LogP contribution in [0.5, 0.6) is 11.5 Å². The van der Waals surface area contributed by atoms with Gasteiger partial charge in [-0.15, -0.1) is 0 Å². The summed E-state index contributed by atoms with van der Waals surface area (Å²) in [4.78, 5) is 24.8. The van der Waals surface area contributed by atoms with Gasteiger partial charge >= 0.3 is 0 Å². The van der Waals surface area contributed by atoms with Crippen molar-refractivity contribution in [2.45, 2.75) is 38.7 Å². The van der Waals surface area contributed by atoms with Crippen LogP contribution in [-0.4, -0.2) is 49.1 Å². The highest BCUT2D eigenvalue weighted by atomic mass is 16.5. The number of Topliss-reactive ketones (excluding diaryl/α,β-unsaturated/α-hetero) is 1. The third-order valence-corrected chi connectivity index (χ3v) is 6.18. The number of nitrogens with zero attached hydrogens (tertiary/aromatic N) is 4. The second-order valence-electron chi connectivity index (χ2n) is 8.83. The first-order valence-electron chi connectivity index (χ1n) is 11.6. The Bertz CT molecular complexity index is 1120. The largest absolute Gasteiger partial charge is 0.497 e. The molecule has 1 saturated heterocycles. The number of carbonyl (C=O) groups excluding carboxylic acids is 1. The van der Waals surface area contributed by atoms with E-state index in [9.17, 15) is 4.79 Å². The molecule has 0 unspecified atom stereocenters. The summed E-state index contributed by atoms with van der Waals surface area (Å²) in [5.74, 6) is 3.59. The van der Waals surface area contributed by atoms with Gasteiger partial charge in [0.05, 0.1) is 13.7 Å².